The zero-order chi connectivity index (χ0) is 13.2. The van der Waals surface area contributed by atoms with Crippen LogP contribution in [0, 0.1) is 0 Å². The van der Waals surface area contributed by atoms with E-state index in [9.17, 15) is 0 Å². The van der Waals surface area contributed by atoms with Crippen molar-refractivity contribution in [1.29, 1.82) is 0 Å². The van der Waals surface area contributed by atoms with Gasteiger partial charge in [0.05, 0.1) is 12.8 Å². The highest BCUT2D eigenvalue weighted by Crippen LogP contribution is 2.29. The van der Waals surface area contributed by atoms with E-state index in [1.165, 1.54) is 11.3 Å². The van der Waals surface area contributed by atoms with Crippen LogP contribution >= 0.6 is 0 Å². The van der Waals surface area contributed by atoms with Crippen molar-refractivity contribution in [3.63, 3.8) is 0 Å². The van der Waals surface area contributed by atoms with Crippen LogP contribution in [0.3, 0.4) is 0 Å². The molecule has 0 atom stereocenters. The molecule has 0 saturated heterocycles. The molecular formula is C16H16N2O. The summed E-state index contributed by atoms with van der Waals surface area (Å²) in [5.74, 6) is 1.93. The van der Waals surface area contributed by atoms with Gasteiger partial charge in [0, 0.05) is 19.2 Å². The zero-order valence-electron chi connectivity index (χ0n) is 11.1. The molecule has 0 aromatic heterocycles. The second-order valence-electron chi connectivity index (χ2n) is 4.59. The zero-order valence-corrected chi connectivity index (χ0v) is 11.1. The molecule has 0 aliphatic carbocycles. The molecule has 96 valence electrons. The number of likely N-dealkylation sites (N-methyl/N-ethyl adjacent to an activating group) is 1. The predicted molar refractivity (Wildman–Crippen MR) is 78.6 cm³/mol. The number of aliphatic imine (C=N–C) groups is 1. The molecule has 1 heterocycles. The third kappa shape index (κ3) is 2.19. The molecule has 0 spiro atoms. The van der Waals surface area contributed by atoms with E-state index in [4.69, 9.17) is 9.73 Å². The van der Waals surface area contributed by atoms with Crippen molar-refractivity contribution in [3.05, 3.63) is 54.1 Å². The number of anilines is 1. The minimum Gasteiger partial charge on any atom is -0.497 e. The van der Waals surface area contributed by atoms with Crippen molar-refractivity contribution in [2.24, 2.45) is 4.99 Å². The first-order chi connectivity index (χ1) is 9.28. The highest BCUT2D eigenvalue weighted by molar-refractivity contribution is 6.05. The minimum absolute atomic E-state index is 0.854. The first-order valence-electron chi connectivity index (χ1n) is 6.31. The minimum atomic E-state index is 0.854. The molecule has 3 heteroatoms. The van der Waals surface area contributed by atoms with Gasteiger partial charge in [-0.15, -0.1) is 0 Å². The third-order valence-electron chi connectivity index (χ3n) is 3.42. The Labute approximate surface area is 113 Å². The normalized spacial score (nSPS) is 15.7. The topological polar surface area (TPSA) is 24.8 Å². The number of ether oxygens (including phenoxy) is 1. The van der Waals surface area contributed by atoms with Gasteiger partial charge in [-0.25, -0.2) is 4.99 Å². The summed E-state index contributed by atoms with van der Waals surface area (Å²) in [5, 5.41) is 0. The number of hydrogen-bond donors (Lipinski definition) is 0. The molecule has 3 nitrogen and oxygen atoms in total. The number of benzene rings is 2. The Kier molecular flexibility index (Phi) is 2.95. The van der Waals surface area contributed by atoms with Crippen molar-refractivity contribution >= 4 is 17.2 Å². The van der Waals surface area contributed by atoms with Crippen molar-refractivity contribution in [3.8, 4) is 5.75 Å². The molecule has 0 fully saturated rings. The fourth-order valence-corrected chi connectivity index (χ4v) is 2.34. The van der Waals surface area contributed by atoms with Crippen molar-refractivity contribution in [1.82, 2.24) is 0 Å². The molecule has 2 aromatic rings. The van der Waals surface area contributed by atoms with Gasteiger partial charge in [-0.2, -0.15) is 0 Å². The maximum atomic E-state index is 5.15. The van der Waals surface area contributed by atoms with Gasteiger partial charge in [-0.3, -0.25) is 0 Å². The van der Waals surface area contributed by atoms with Crippen molar-refractivity contribution in [2.45, 2.75) is 6.42 Å². The van der Waals surface area contributed by atoms with E-state index < -0.39 is 0 Å². The number of hydrogen-bond acceptors (Lipinski definition) is 2. The van der Waals surface area contributed by atoms with E-state index in [-0.39, 0.29) is 0 Å². The Morgan fingerprint density at radius 2 is 1.79 bits per heavy atom. The van der Waals surface area contributed by atoms with Crippen molar-refractivity contribution in [2.75, 3.05) is 19.1 Å². The Balaban J connectivity index is 1.89. The Hall–Kier alpha value is -2.29. The molecule has 1 aliphatic rings. The fraction of sp³-hybridized carbons (Fsp3) is 0.188. The molecule has 19 heavy (non-hydrogen) atoms. The van der Waals surface area contributed by atoms with Gasteiger partial charge in [0.2, 0.25) is 0 Å². The second-order valence-corrected chi connectivity index (χ2v) is 4.59. The quantitative estimate of drug-likeness (QED) is 0.818. The smallest absolute Gasteiger partial charge is 0.119 e. The Morgan fingerprint density at radius 1 is 1.05 bits per heavy atom. The lowest BCUT2D eigenvalue weighted by molar-refractivity contribution is 0.415. The largest absolute Gasteiger partial charge is 0.497 e. The Morgan fingerprint density at radius 3 is 2.47 bits per heavy atom. The second kappa shape index (κ2) is 4.76. The van der Waals surface area contributed by atoms with E-state index in [1.807, 2.05) is 24.3 Å². The van der Waals surface area contributed by atoms with E-state index in [1.54, 1.807) is 7.11 Å². The molecule has 0 N–H and O–H groups in total. The van der Waals surface area contributed by atoms with Gasteiger partial charge in [-0.1, -0.05) is 18.2 Å². The molecule has 0 saturated carbocycles. The molecule has 0 unspecified atom stereocenters. The average Bonchev–Trinajstić information content (AvgIpc) is 2.77. The van der Waals surface area contributed by atoms with Crippen LogP contribution in [-0.4, -0.2) is 20.0 Å². The van der Waals surface area contributed by atoms with Crippen LogP contribution in [0.4, 0.5) is 11.4 Å². The number of para-hydroxylation sites is 1. The Bertz CT molecular complexity index is 617. The van der Waals surface area contributed by atoms with Crippen molar-refractivity contribution < 1.29 is 4.74 Å². The summed E-state index contributed by atoms with van der Waals surface area (Å²) in [6.45, 7) is 0. The fourth-order valence-electron chi connectivity index (χ4n) is 2.34. The summed E-state index contributed by atoms with van der Waals surface area (Å²) in [4.78, 5) is 6.87. The van der Waals surface area contributed by atoms with Gasteiger partial charge < -0.3 is 9.64 Å². The van der Waals surface area contributed by atoms with Crippen LogP contribution in [0.1, 0.15) is 5.56 Å². The van der Waals surface area contributed by atoms with E-state index >= 15 is 0 Å². The summed E-state index contributed by atoms with van der Waals surface area (Å²) < 4.78 is 5.15. The van der Waals surface area contributed by atoms with Crippen LogP contribution in [0.5, 0.6) is 5.75 Å². The summed E-state index contributed by atoms with van der Waals surface area (Å²) in [6, 6.07) is 16.2. The number of nitrogens with zero attached hydrogens (tertiary/aromatic N) is 2. The lowest BCUT2D eigenvalue weighted by atomic mass is 10.2. The summed E-state index contributed by atoms with van der Waals surface area (Å²) >= 11 is 0. The van der Waals surface area contributed by atoms with Gasteiger partial charge in [0.1, 0.15) is 11.6 Å². The lowest BCUT2D eigenvalue weighted by Gasteiger charge is -2.13. The molecule has 2 aromatic carbocycles. The molecule has 3 rings (SSSR count). The van der Waals surface area contributed by atoms with Crippen LogP contribution in [0.25, 0.3) is 0 Å². The first-order valence-corrected chi connectivity index (χ1v) is 6.31. The van der Waals surface area contributed by atoms with E-state index in [0.717, 1.165) is 23.7 Å². The molecule has 0 bridgehead atoms. The average molecular weight is 252 g/mol. The molecule has 1 aliphatic heterocycles. The number of rotatable bonds is 2. The van der Waals surface area contributed by atoms with E-state index in [2.05, 4.69) is 36.2 Å². The van der Waals surface area contributed by atoms with Crippen LogP contribution < -0.4 is 9.64 Å². The molecule has 0 amide bonds. The highest BCUT2D eigenvalue weighted by Gasteiger charge is 2.21. The maximum Gasteiger partial charge on any atom is 0.119 e. The summed E-state index contributed by atoms with van der Waals surface area (Å²) in [5.41, 5.74) is 3.53. The third-order valence-corrected chi connectivity index (χ3v) is 3.42. The van der Waals surface area contributed by atoms with Crippen LogP contribution in [0.2, 0.25) is 0 Å². The van der Waals surface area contributed by atoms with Gasteiger partial charge in [0.15, 0.2) is 0 Å². The lowest BCUT2D eigenvalue weighted by Crippen LogP contribution is -2.21. The van der Waals surface area contributed by atoms with E-state index in [0.29, 0.717) is 0 Å². The summed E-state index contributed by atoms with van der Waals surface area (Å²) in [7, 11) is 3.73. The van der Waals surface area contributed by atoms with Crippen LogP contribution in [0.15, 0.2) is 53.5 Å². The number of fused-ring (bicyclic) bond motifs is 1. The standard InChI is InChI=1S/C16H16N2O/c1-18-15-6-4-3-5-12(15)11-16(18)17-13-7-9-14(19-2)10-8-13/h3-10H,11H2,1-2H3. The molecular weight excluding hydrogens is 236 g/mol. The first kappa shape index (κ1) is 11.8. The number of amidine groups is 1. The predicted octanol–water partition coefficient (Wildman–Crippen LogP) is 3.42. The van der Waals surface area contributed by atoms with Gasteiger partial charge >= 0.3 is 0 Å². The maximum absolute atomic E-state index is 5.15. The summed E-state index contributed by atoms with van der Waals surface area (Å²) in [6.07, 6.45) is 0.888. The number of methoxy groups -OCH3 is 1. The van der Waals surface area contributed by atoms with Gasteiger partial charge in [-0.05, 0) is 35.9 Å². The van der Waals surface area contributed by atoms with Crippen LogP contribution in [-0.2, 0) is 6.42 Å². The molecule has 0 radical (unpaired) electrons. The SMILES string of the molecule is COc1ccc(N=C2Cc3ccccc3N2C)cc1. The monoisotopic (exact) mass is 252 g/mol. The highest BCUT2D eigenvalue weighted by atomic mass is 16.5. The van der Waals surface area contributed by atoms with Gasteiger partial charge in [0.25, 0.3) is 0 Å².